The summed E-state index contributed by atoms with van der Waals surface area (Å²) in [7, 11) is -3.20. The third kappa shape index (κ3) is 6.86. The first-order valence-corrected chi connectivity index (χ1v) is 8.29. The third-order valence-electron chi connectivity index (χ3n) is 3.26. The minimum atomic E-state index is -3.20. The Kier molecular flexibility index (Phi) is 6.70. The molecule has 1 heterocycles. The van der Waals surface area contributed by atoms with Crippen molar-refractivity contribution in [1.29, 1.82) is 0 Å². The number of aliphatic hydroxyl groups excluding tert-OH is 1. The van der Waals surface area contributed by atoms with Crippen molar-refractivity contribution in [1.82, 2.24) is 9.80 Å². The Morgan fingerprint density at radius 3 is 2.05 bits per heavy atom. The maximum atomic E-state index is 11.7. The number of hydrogen-bond acceptors (Lipinski definition) is 6. The van der Waals surface area contributed by atoms with Crippen LogP contribution in [0.1, 0.15) is 6.42 Å². The molecule has 1 saturated heterocycles. The second-order valence-corrected chi connectivity index (χ2v) is 7.08. The van der Waals surface area contributed by atoms with Gasteiger partial charge in [0.25, 0.3) is 0 Å². The van der Waals surface area contributed by atoms with Gasteiger partial charge >= 0.3 is 0 Å². The van der Waals surface area contributed by atoms with Gasteiger partial charge in [-0.3, -0.25) is 14.6 Å². The van der Waals surface area contributed by atoms with Crippen LogP contribution in [-0.4, -0.2) is 86.6 Å². The van der Waals surface area contributed by atoms with E-state index >= 15 is 0 Å². The van der Waals surface area contributed by atoms with Crippen LogP contribution in [0.3, 0.4) is 0 Å². The number of piperazine rings is 1. The summed E-state index contributed by atoms with van der Waals surface area (Å²) in [6, 6.07) is 0. The number of amides is 1. The molecule has 0 aromatic rings. The summed E-state index contributed by atoms with van der Waals surface area (Å²) in [6.07, 6.45) is -0.105. The molecule has 7 nitrogen and oxygen atoms in total. The van der Waals surface area contributed by atoms with Gasteiger partial charge in [-0.1, -0.05) is 0 Å². The van der Waals surface area contributed by atoms with Crippen LogP contribution >= 0.6 is 0 Å². The Labute approximate surface area is 114 Å². The zero-order chi connectivity index (χ0) is 14.3. The summed E-state index contributed by atoms with van der Waals surface area (Å²) in [6.45, 7) is 4.64. The van der Waals surface area contributed by atoms with E-state index in [1.165, 1.54) is 0 Å². The van der Waals surface area contributed by atoms with Gasteiger partial charge in [0, 0.05) is 45.7 Å². The number of nitrogens with two attached hydrogens (primary N) is 1. The van der Waals surface area contributed by atoms with Crippen LogP contribution in [-0.2, 0) is 14.6 Å². The summed E-state index contributed by atoms with van der Waals surface area (Å²) in [5.74, 6) is -0.672. The lowest BCUT2D eigenvalue weighted by Crippen LogP contribution is -2.48. The molecule has 0 aliphatic carbocycles. The molecule has 19 heavy (non-hydrogen) atoms. The van der Waals surface area contributed by atoms with Crippen molar-refractivity contribution < 1.29 is 18.3 Å². The lowest BCUT2D eigenvalue weighted by Gasteiger charge is -2.34. The van der Waals surface area contributed by atoms with Crippen LogP contribution in [0.5, 0.6) is 0 Å². The standard InChI is InChI=1S/C11H23N3O4S/c12-11(16)1-9-19(17,18)10-7-14-4-2-13(3-5-14)6-8-15/h15H,1-10H2,(H2,12,16). The number of sulfone groups is 1. The van der Waals surface area contributed by atoms with Crippen molar-refractivity contribution >= 4 is 15.7 Å². The first-order chi connectivity index (χ1) is 8.93. The fourth-order valence-electron chi connectivity index (χ4n) is 2.00. The molecule has 0 spiro atoms. The molecule has 1 fully saturated rings. The second-order valence-electron chi connectivity index (χ2n) is 4.78. The van der Waals surface area contributed by atoms with E-state index in [9.17, 15) is 13.2 Å². The van der Waals surface area contributed by atoms with E-state index in [-0.39, 0.29) is 24.5 Å². The van der Waals surface area contributed by atoms with Crippen LogP contribution in [0, 0.1) is 0 Å². The number of rotatable bonds is 8. The molecule has 1 aliphatic heterocycles. The highest BCUT2D eigenvalue weighted by molar-refractivity contribution is 7.91. The number of hydrogen-bond donors (Lipinski definition) is 2. The molecule has 3 N–H and O–H groups in total. The van der Waals surface area contributed by atoms with Gasteiger partial charge in [0.1, 0.15) is 0 Å². The van der Waals surface area contributed by atoms with Crippen LogP contribution in [0.25, 0.3) is 0 Å². The molecule has 1 rings (SSSR count). The van der Waals surface area contributed by atoms with Crippen LogP contribution in [0.15, 0.2) is 0 Å². The van der Waals surface area contributed by atoms with E-state index in [2.05, 4.69) is 9.80 Å². The lowest BCUT2D eigenvalue weighted by molar-refractivity contribution is -0.117. The summed E-state index contributed by atoms with van der Waals surface area (Å²) in [5, 5.41) is 8.83. The summed E-state index contributed by atoms with van der Waals surface area (Å²) in [4.78, 5) is 14.8. The molecule has 0 aromatic heterocycles. The molecule has 1 amide bonds. The SMILES string of the molecule is NC(=O)CCS(=O)(=O)CCN1CCN(CCO)CC1. The number of aliphatic hydroxyl groups is 1. The molecule has 0 radical (unpaired) electrons. The molecule has 0 atom stereocenters. The van der Waals surface area contributed by atoms with Crippen molar-refractivity contribution in [3.05, 3.63) is 0 Å². The molecular weight excluding hydrogens is 270 g/mol. The highest BCUT2D eigenvalue weighted by atomic mass is 32.2. The lowest BCUT2D eigenvalue weighted by atomic mass is 10.3. The second kappa shape index (κ2) is 7.78. The predicted octanol–water partition coefficient (Wildman–Crippen LogP) is -2.11. The van der Waals surface area contributed by atoms with Crippen molar-refractivity contribution in [2.75, 3.05) is 57.4 Å². The van der Waals surface area contributed by atoms with Gasteiger partial charge in [0.2, 0.25) is 5.91 Å². The topological polar surface area (TPSA) is 104 Å². The molecule has 0 bridgehead atoms. The smallest absolute Gasteiger partial charge is 0.218 e. The molecule has 8 heteroatoms. The quantitative estimate of drug-likeness (QED) is 0.530. The Morgan fingerprint density at radius 1 is 1.05 bits per heavy atom. The van der Waals surface area contributed by atoms with E-state index in [0.717, 1.165) is 26.2 Å². The normalized spacial score (nSPS) is 18.6. The fourth-order valence-corrected chi connectivity index (χ4v) is 3.26. The van der Waals surface area contributed by atoms with Crippen LogP contribution in [0.4, 0.5) is 0 Å². The number of nitrogens with zero attached hydrogens (tertiary/aromatic N) is 2. The molecule has 0 saturated carbocycles. The molecule has 0 aromatic carbocycles. The Hall–Kier alpha value is -0.700. The largest absolute Gasteiger partial charge is 0.395 e. The minimum absolute atomic E-state index is 0.0697. The highest BCUT2D eigenvalue weighted by Gasteiger charge is 2.19. The number of carbonyl (C=O) groups excluding carboxylic acids is 1. The zero-order valence-corrected chi connectivity index (χ0v) is 11.9. The Balaban J connectivity index is 2.24. The van der Waals surface area contributed by atoms with Crippen molar-refractivity contribution in [2.45, 2.75) is 6.42 Å². The summed E-state index contributed by atoms with van der Waals surface area (Å²) >= 11 is 0. The average Bonchev–Trinajstić information content (AvgIpc) is 2.36. The van der Waals surface area contributed by atoms with Crippen molar-refractivity contribution in [2.24, 2.45) is 5.73 Å². The summed E-state index contributed by atoms with van der Waals surface area (Å²) in [5.41, 5.74) is 4.94. The number of carbonyl (C=O) groups is 1. The van der Waals surface area contributed by atoms with Gasteiger partial charge in [-0.15, -0.1) is 0 Å². The monoisotopic (exact) mass is 293 g/mol. The number of β-amino-alcohol motifs (C(OH)–C–C–N with tert-alkyl or cyclic N) is 1. The molecule has 0 unspecified atom stereocenters. The maximum absolute atomic E-state index is 11.7. The van der Waals surface area contributed by atoms with Crippen molar-refractivity contribution in [3.63, 3.8) is 0 Å². The van der Waals surface area contributed by atoms with Gasteiger partial charge in [0.15, 0.2) is 9.84 Å². The fraction of sp³-hybridized carbons (Fsp3) is 0.909. The molecule has 1 aliphatic rings. The molecular formula is C11H23N3O4S. The van der Waals surface area contributed by atoms with Gasteiger partial charge < -0.3 is 10.8 Å². The average molecular weight is 293 g/mol. The first-order valence-electron chi connectivity index (χ1n) is 6.47. The van der Waals surface area contributed by atoms with Gasteiger partial charge in [-0.2, -0.15) is 0 Å². The van der Waals surface area contributed by atoms with E-state index in [4.69, 9.17) is 10.8 Å². The number of primary amides is 1. The van der Waals surface area contributed by atoms with E-state index < -0.39 is 15.7 Å². The third-order valence-corrected chi connectivity index (χ3v) is 4.89. The van der Waals surface area contributed by atoms with E-state index in [1.807, 2.05) is 0 Å². The van der Waals surface area contributed by atoms with Gasteiger partial charge in [-0.05, 0) is 0 Å². The minimum Gasteiger partial charge on any atom is -0.395 e. The van der Waals surface area contributed by atoms with E-state index in [1.54, 1.807) is 0 Å². The van der Waals surface area contributed by atoms with Gasteiger partial charge in [0.05, 0.1) is 18.1 Å². The molecule has 112 valence electrons. The van der Waals surface area contributed by atoms with E-state index in [0.29, 0.717) is 13.1 Å². The Morgan fingerprint density at radius 2 is 1.58 bits per heavy atom. The van der Waals surface area contributed by atoms with Crippen LogP contribution < -0.4 is 5.73 Å². The van der Waals surface area contributed by atoms with Crippen LogP contribution in [0.2, 0.25) is 0 Å². The zero-order valence-electron chi connectivity index (χ0n) is 11.1. The van der Waals surface area contributed by atoms with Crippen molar-refractivity contribution in [3.8, 4) is 0 Å². The van der Waals surface area contributed by atoms with Gasteiger partial charge in [-0.25, -0.2) is 8.42 Å². The summed E-state index contributed by atoms with van der Waals surface area (Å²) < 4.78 is 23.3. The highest BCUT2D eigenvalue weighted by Crippen LogP contribution is 2.03. The Bertz CT molecular complexity index is 377. The maximum Gasteiger partial charge on any atom is 0.218 e. The predicted molar refractivity (Wildman–Crippen MR) is 72.4 cm³/mol. The first kappa shape index (κ1) is 16.4.